The number of hydrogen-bond acceptors (Lipinski definition) is 4. The molecular weight excluding hydrogens is 307 g/mol. The average molecular weight is 314 g/mol. The van der Waals surface area contributed by atoms with Gasteiger partial charge in [-0.15, -0.1) is 10.2 Å². The largest absolute Gasteiger partial charge is 0.305 e. The second-order valence-corrected chi connectivity index (χ2v) is 4.24. The van der Waals surface area contributed by atoms with E-state index in [2.05, 4.69) is 36.4 Å². The van der Waals surface area contributed by atoms with Crippen molar-refractivity contribution in [2.45, 2.75) is 0 Å². The summed E-state index contributed by atoms with van der Waals surface area (Å²) in [5.74, 6) is 0.0425. The van der Waals surface area contributed by atoms with Crippen molar-refractivity contribution in [1.29, 1.82) is 0 Å². The first kappa shape index (κ1) is 11.9. The van der Waals surface area contributed by atoms with Crippen molar-refractivity contribution in [3.63, 3.8) is 0 Å². The Bertz CT molecular complexity index is 546. The second kappa shape index (κ2) is 5.20. The quantitative estimate of drug-likeness (QED) is 0.865. The Kier molecular flexibility index (Phi) is 3.65. The Morgan fingerprint density at radius 3 is 2.71 bits per heavy atom. The minimum absolute atomic E-state index is 0.177. The van der Waals surface area contributed by atoms with Crippen LogP contribution in [0.1, 0.15) is 10.5 Å². The van der Waals surface area contributed by atoms with Gasteiger partial charge < -0.3 is 5.32 Å². The number of nitrogens with zero attached hydrogens (tertiary/aromatic N) is 3. The molecule has 0 radical (unpaired) electrons. The maximum atomic E-state index is 11.7. The zero-order chi connectivity index (χ0) is 12.3. The van der Waals surface area contributed by atoms with E-state index < -0.39 is 0 Å². The monoisotopic (exact) mass is 312 g/mol. The molecule has 86 valence electrons. The van der Waals surface area contributed by atoms with Gasteiger partial charge in [-0.2, -0.15) is 0 Å². The fraction of sp³-hybridized carbons (Fsp3) is 0. The van der Waals surface area contributed by atoms with Gasteiger partial charge in [0.15, 0.2) is 10.8 Å². The third-order valence-corrected chi connectivity index (χ3v) is 2.46. The summed E-state index contributed by atoms with van der Waals surface area (Å²) in [5, 5.41) is 10.1. The van der Waals surface area contributed by atoms with Crippen LogP contribution in [-0.2, 0) is 0 Å². The molecular formula is C10H6BrClN4O. The van der Waals surface area contributed by atoms with Crippen LogP contribution in [0.3, 0.4) is 0 Å². The molecule has 0 atom stereocenters. The van der Waals surface area contributed by atoms with E-state index >= 15 is 0 Å². The summed E-state index contributed by atoms with van der Waals surface area (Å²) >= 11 is 8.78. The van der Waals surface area contributed by atoms with Crippen LogP contribution in [0, 0.1) is 0 Å². The smallest absolute Gasteiger partial charge is 0.277 e. The van der Waals surface area contributed by atoms with Crippen molar-refractivity contribution in [1.82, 2.24) is 15.2 Å². The molecule has 2 aromatic rings. The third kappa shape index (κ3) is 3.21. The molecule has 5 nitrogen and oxygen atoms in total. The number of nitrogens with one attached hydrogen (secondary N) is 1. The summed E-state index contributed by atoms with van der Waals surface area (Å²) in [6, 6.07) is 8.18. The number of carbonyl (C=O) groups is 1. The Morgan fingerprint density at radius 2 is 2.06 bits per heavy atom. The molecule has 0 fully saturated rings. The highest BCUT2D eigenvalue weighted by molar-refractivity contribution is 9.10. The van der Waals surface area contributed by atoms with Crippen LogP contribution >= 0.6 is 27.5 Å². The number of hydrogen-bond donors (Lipinski definition) is 1. The summed E-state index contributed by atoms with van der Waals surface area (Å²) in [4.78, 5) is 15.8. The summed E-state index contributed by atoms with van der Waals surface area (Å²) in [7, 11) is 0. The van der Waals surface area contributed by atoms with Crippen LogP contribution in [0.2, 0.25) is 5.15 Å². The topological polar surface area (TPSA) is 67.8 Å². The van der Waals surface area contributed by atoms with Gasteiger partial charge in [0.25, 0.3) is 5.91 Å². The van der Waals surface area contributed by atoms with E-state index in [9.17, 15) is 4.79 Å². The van der Waals surface area contributed by atoms with E-state index in [1.165, 1.54) is 12.1 Å². The van der Waals surface area contributed by atoms with Gasteiger partial charge in [0, 0.05) is 0 Å². The molecule has 2 rings (SSSR count). The van der Waals surface area contributed by atoms with E-state index in [0.29, 0.717) is 10.4 Å². The van der Waals surface area contributed by atoms with Crippen LogP contribution < -0.4 is 5.32 Å². The lowest BCUT2D eigenvalue weighted by molar-refractivity contribution is 0.102. The van der Waals surface area contributed by atoms with Gasteiger partial charge in [0.1, 0.15) is 10.4 Å². The van der Waals surface area contributed by atoms with Gasteiger partial charge in [-0.1, -0.05) is 17.7 Å². The summed E-state index contributed by atoms with van der Waals surface area (Å²) < 4.78 is 0.637. The molecule has 0 bridgehead atoms. The standard InChI is InChI=1S/C10H6BrClN4O/c11-7-2-1-3-9(13-7)14-10(17)6-4-5-8(12)16-15-6/h1-5H,(H,13,14,17). The molecule has 2 aromatic heterocycles. The van der Waals surface area contributed by atoms with Gasteiger partial charge in [0.05, 0.1) is 0 Å². The molecule has 2 heterocycles. The lowest BCUT2D eigenvalue weighted by atomic mass is 10.3. The van der Waals surface area contributed by atoms with Gasteiger partial charge in [0.2, 0.25) is 0 Å². The van der Waals surface area contributed by atoms with Crippen LogP contribution in [0.25, 0.3) is 0 Å². The van der Waals surface area contributed by atoms with E-state index in [0.717, 1.165) is 0 Å². The van der Waals surface area contributed by atoms with Crippen LogP contribution in [0.5, 0.6) is 0 Å². The third-order valence-electron chi connectivity index (χ3n) is 1.82. The van der Waals surface area contributed by atoms with Gasteiger partial charge >= 0.3 is 0 Å². The number of aromatic nitrogens is 3. The fourth-order valence-electron chi connectivity index (χ4n) is 1.10. The molecule has 1 amide bonds. The number of pyridine rings is 1. The minimum Gasteiger partial charge on any atom is -0.305 e. The molecule has 0 aliphatic heterocycles. The van der Waals surface area contributed by atoms with Gasteiger partial charge in [-0.25, -0.2) is 4.98 Å². The predicted octanol–water partition coefficient (Wildman–Crippen LogP) is 2.54. The lowest BCUT2D eigenvalue weighted by Gasteiger charge is -2.03. The lowest BCUT2D eigenvalue weighted by Crippen LogP contribution is -2.15. The minimum atomic E-state index is -0.389. The average Bonchev–Trinajstić information content (AvgIpc) is 2.29. The predicted molar refractivity (Wildman–Crippen MR) is 66.9 cm³/mol. The highest BCUT2D eigenvalue weighted by Gasteiger charge is 2.08. The number of carbonyl (C=O) groups excluding carboxylic acids is 1. The second-order valence-electron chi connectivity index (χ2n) is 3.04. The molecule has 7 heteroatoms. The first-order valence-corrected chi connectivity index (χ1v) is 5.75. The van der Waals surface area contributed by atoms with Crippen molar-refractivity contribution >= 4 is 39.3 Å². The summed E-state index contributed by atoms with van der Waals surface area (Å²) in [5.41, 5.74) is 0.177. The Labute approximate surface area is 110 Å². The highest BCUT2D eigenvalue weighted by Crippen LogP contribution is 2.11. The van der Waals surface area contributed by atoms with Gasteiger partial charge in [-0.05, 0) is 40.2 Å². The fourth-order valence-corrected chi connectivity index (χ4v) is 1.54. The zero-order valence-electron chi connectivity index (χ0n) is 8.39. The van der Waals surface area contributed by atoms with Crippen molar-refractivity contribution in [3.8, 4) is 0 Å². The highest BCUT2D eigenvalue weighted by atomic mass is 79.9. The van der Waals surface area contributed by atoms with Crippen LogP contribution in [0.15, 0.2) is 34.9 Å². The number of amides is 1. The Balaban J connectivity index is 2.14. The normalized spacial score (nSPS) is 10.0. The first-order valence-electron chi connectivity index (χ1n) is 4.58. The molecule has 0 aliphatic carbocycles. The molecule has 17 heavy (non-hydrogen) atoms. The number of rotatable bonds is 2. The van der Waals surface area contributed by atoms with E-state index in [4.69, 9.17) is 11.6 Å². The molecule has 1 N–H and O–H groups in total. The van der Waals surface area contributed by atoms with E-state index in [1.807, 2.05) is 0 Å². The molecule has 0 saturated heterocycles. The molecule has 0 saturated carbocycles. The Morgan fingerprint density at radius 1 is 1.24 bits per heavy atom. The SMILES string of the molecule is O=C(Nc1cccc(Br)n1)c1ccc(Cl)nn1. The molecule has 0 aromatic carbocycles. The van der Waals surface area contributed by atoms with Crippen molar-refractivity contribution in [2.24, 2.45) is 0 Å². The van der Waals surface area contributed by atoms with Crippen molar-refractivity contribution < 1.29 is 4.79 Å². The first-order chi connectivity index (χ1) is 8.15. The van der Waals surface area contributed by atoms with Crippen LogP contribution in [0.4, 0.5) is 5.82 Å². The molecule has 0 aliphatic rings. The molecule has 0 unspecified atom stereocenters. The van der Waals surface area contributed by atoms with Crippen molar-refractivity contribution in [3.05, 3.63) is 45.8 Å². The zero-order valence-corrected chi connectivity index (χ0v) is 10.7. The maximum absolute atomic E-state index is 11.7. The van der Waals surface area contributed by atoms with Crippen molar-refractivity contribution in [2.75, 3.05) is 5.32 Å². The summed E-state index contributed by atoms with van der Waals surface area (Å²) in [6.07, 6.45) is 0. The van der Waals surface area contributed by atoms with Crippen LogP contribution in [-0.4, -0.2) is 21.1 Å². The number of halogens is 2. The summed E-state index contributed by atoms with van der Waals surface area (Å²) in [6.45, 7) is 0. The Hall–Kier alpha value is -1.53. The maximum Gasteiger partial charge on any atom is 0.277 e. The van der Waals surface area contributed by atoms with E-state index in [-0.39, 0.29) is 16.8 Å². The number of anilines is 1. The van der Waals surface area contributed by atoms with Gasteiger partial charge in [-0.3, -0.25) is 4.79 Å². The van der Waals surface area contributed by atoms with E-state index in [1.54, 1.807) is 18.2 Å². The molecule has 0 spiro atoms.